The zero-order valence-corrected chi connectivity index (χ0v) is 15.7. The van der Waals surface area contributed by atoms with Gasteiger partial charge in [-0.1, -0.05) is 12.1 Å². The van der Waals surface area contributed by atoms with Gasteiger partial charge in [0.25, 0.3) is 10.0 Å². The van der Waals surface area contributed by atoms with E-state index in [1.165, 1.54) is 12.3 Å². The first-order valence-electron chi connectivity index (χ1n) is 7.46. The average molecular weight is 423 g/mol. The number of hydrogen-bond donors (Lipinski definition) is 2. The Kier molecular flexibility index (Phi) is 4.87. The Bertz CT molecular complexity index is 973. The van der Waals surface area contributed by atoms with Crippen molar-refractivity contribution in [3.63, 3.8) is 0 Å². The number of carbonyl (C=O) groups excluding carboxylic acids is 1. The molecule has 0 atom stereocenters. The van der Waals surface area contributed by atoms with E-state index in [1.807, 2.05) is 25.1 Å². The quantitative estimate of drug-likeness (QED) is 0.787. The molecule has 3 rings (SSSR count). The highest BCUT2D eigenvalue weighted by Crippen LogP contribution is 2.28. The van der Waals surface area contributed by atoms with Crippen LogP contribution in [0, 0.1) is 6.92 Å². The van der Waals surface area contributed by atoms with Crippen LogP contribution in [0.15, 0.2) is 50.3 Å². The maximum absolute atomic E-state index is 12.2. The Hall–Kier alpha value is -2.26. The van der Waals surface area contributed by atoms with Crippen molar-refractivity contribution >= 4 is 49.2 Å². The van der Waals surface area contributed by atoms with Crippen LogP contribution in [0.4, 0.5) is 11.5 Å². The number of sulfonamides is 1. The van der Waals surface area contributed by atoms with Gasteiger partial charge in [-0.25, -0.2) is 4.98 Å². The number of aryl methyl sites for hydroxylation is 1. The summed E-state index contributed by atoms with van der Waals surface area (Å²) in [6.07, 6.45) is 1.75. The maximum atomic E-state index is 12.2. The smallest absolute Gasteiger partial charge is 0.287 e. The third kappa shape index (κ3) is 4.23. The molecule has 0 aliphatic carbocycles. The number of nitrogens with zero attached hydrogens (tertiary/aromatic N) is 2. The summed E-state index contributed by atoms with van der Waals surface area (Å²) in [6.45, 7) is 1.93. The van der Waals surface area contributed by atoms with Crippen molar-refractivity contribution in [1.82, 2.24) is 4.98 Å². The molecule has 130 valence electrons. The van der Waals surface area contributed by atoms with Crippen LogP contribution in [0.1, 0.15) is 18.4 Å². The van der Waals surface area contributed by atoms with Gasteiger partial charge in [0.1, 0.15) is 10.7 Å². The number of pyridine rings is 1. The van der Waals surface area contributed by atoms with Gasteiger partial charge in [-0.3, -0.25) is 4.79 Å². The summed E-state index contributed by atoms with van der Waals surface area (Å²) < 4.78 is 28.7. The summed E-state index contributed by atoms with van der Waals surface area (Å²) in [7, 11) is -3.82. The second-order valence-electron chi connectivity index (χ2n) is 5.56. The lowest BCUT2D eigenvalue weighted by molar-refractivity contribution is -0.116. The summed E-state index contributed by atoms with van der Waals surface area (Å²) >= 11 is 3.19. The van der Waals surface area contributed by atoms with Gasteiger partial charge < -0.3 is 10.6 Å². The van der Waals surface area contributed by atoms with Crippen LogP contribution in [0.25, 0.3) is 0 Å². The Morgan fingerprint density at radius 2 is 2.12 bits per heavy atom. The normalized spacial score (nSPS) is 14.9. The Morgan fingerprint density at radius 3 is 2.88 bits per heavy atom. The van der Waals surface area contributed by atoms with Crippen molar-refractivity contribution in [2.45, 2.75) is 24.7 Å². The number of anilines is 2. The molecule has 2 N–H and O–H groups in total. The molecule has 1 aliphatic heterocycles. The first-order valence-corrected chi connectivity index (χ1v) is 9.70. The Labute approximate surface area is 153 Å². The van der Waals surface area contributed by atoms with Gasteiger partial charge in [0, 0.05) is 29.2 Å². The van der Waals surface area contributed by atoms with Gasteiger partial charge in [0.2, 0.25) is 5.91 Å². The number of fused-ring (bicyclic) bond motifs is 1. The lowest BCUT2D eigenvalue weighted by atomic mass is 10.2. The van der Waals surface area contributed by atoms with Gasteiger partial charge in [-0.05, 0) is 46.6 Å². The second-order valence-corrected chi connectivity index (χ2v) is 8.04. The third-order valence-corrected chi connectivity index (χ3v) is 5.24. The average Bonchev–Trinajstić information content (AvgIpc) is 2.53. The van der Waals surface area contributed by atoms with E-state index >= 15 is 0 Å². The van der Waals surface area contributed by atoms with E-state index in [2.05, 4.69) is 35.9 Å². The van der Waals surface area contributed by atoms with Gasteiger partial charge in [0.05, 0.1) is 0 Å². The fraction of sp³-hybridized carbons (Fsp3) is 0.188. The standard InChI is InChI=1S/C16H15BrN4O3S/c1-10-3-2-4-12(7-10)19-15(22)6-5-14-20-16-13(25(23,24)21-14)8-11(17)9-18-16/h2-4,7-9H,5-6H2,1H3,(H,19,22)(H,18,20,21). The number of rotatable bonds is 4. The molecule has 0 saturated heterocycles. The molecule has 0 bridgehead atoms. The molecule has 1 aromatic heterocycles. The summed E-state index contributed by atoms with van der Waals surface area (Å²) in [5, 5.41) is 5.64. The van der Waals surface area contributed by atoms with Crippen LogP contribution < -0.4 is 10.6 Å². The molecule has 2 aromatic rings. The van der Waals surface area contributed by atoms with Crippen molar-refractivity contribution in [3.05, 3.63) is 46.6 Å². The van der Waals surface area contributed by atoms with E-state index in [0.717, 1.165) is 5.56 Å². The van der Waals surface area contributed by atoms with E-state index in [0.29, 0.717) is 10.2 Å². The molecule has 0 radical (unpaired) electrons. The zero-order chi connectivity index (χ0) is 18.0. The second kappa shape index (κ2) is 6.93. The summed E-state index contributed by atoms with van der Waals surface area (Å²) in [4.78, 5) is 16.1. The van der Waals surface area contributed by atoms with Crippen LogP contribution in [0.2, 0.25) is 0 Å². The number of nitrogens with one attached hydrogen (secondary N) is 2. The minimum absolute atomic E-state index is 0.00911. The van der Waals surface area contributed by atoms with Crippen LogP contribution in [0.3, 0.4) is 0 Å². The maximum Gasteiger partial charge on any atom is 0.287 e. The molecular formula is C16H15BrN4O3S. The van der Waals surface area contributed by atoms with Crippen molar-refractivity contribution < 1.29 is 13.2 Å². The third-order valence-electron chi connectivity index (χ3n) is 3.48. The topological polar surface area (TPSA) is 101 Å². The predicted molar refractivity (Wildman–Crippen MR) is 99.2 cm³/mol. The molecule has 9 heteroatoms. The fourth-order valence-electron chi connectivity index (χ4n) is 2.35. The largest absolute Gasteiger partial charge is 0.327 e. The van der Waals surface area contributed by atoms with Crippen LogP contribution in [0.5, 0.6) is 0 Å². The van der Waals surface area contributed by atoms with E-state index < -0.39 is 10.0 Å². The van der Waals surface area contributed by atoms with E-state index in [4.69, 9.17) is 0 Å². The van der Waals surface area contributed by atoms with Crippen molar-refractivity contribution in [2.24, 2.45) is 4.40 Å². The Balaban J connectivity index is 1.67. The molecule has 25 heavy (non-hydrogen) atoms. The molecule has 1 aliphatic rings. The molecular weight excluding hydrogens is 408 g/mol. The number of carbonyl (C=O) groups is 1. The lowest BCUT2D eigenvalue weighted by Crippen LogP contribution is -2.24. The van der Waals surface area contributed by atoms with Crippen molar-refractivity contribution in [1.29, 1.82) is 0 Å². The zero-order valence-electron chi connectivity index (χ0n) is 13.3. The molecule has 2 heterocycles. The first-order chi connectivity index (χ1) is 11.8. The lowest BCUT2D eigenvalue weighted by Gasteiger charge is -2.17. The Morgan fingerprint density at radius 1 is 1.32 bits per heavy atom. The number of halogens is 1. The van der Waals surface area contributed by atoms with E-state index in [-0.39, 0.29) is 35.3 Å². The minimum Gasteiger partial charge on any atom is -0.327 e. The number of aromatic nitrogens is 1. The highest BCUT2D eigenvalue weighted by atomic mass is 79.9. The number of amides is 1. The molecule has 1 amide bonds. The van der Waals surface area contributed by atoms with Gasteiger partial charge >= 0.3 is 0 Å². The van der Waals surface area contributed by atoms with Crippen molar-refractivity contribution in [3.8, 4) is 0 Å². The van der Waals surface area contributed by atoms with Gasteiger partial charge in [-0.2, -0.15) is 8.42 Å². The van der Waals surface area contributed by atoms with Crippen LogP contribution in [-0.4, -0.2) is 25.1 Å². The minimum atomic E-state index is -3.82. The van der Waals surface area contributed by atoms with Crippen LogP contribution >= 0.6 is 15.9 Å². The molecule has 0 spiro atoms. The molecule has 0 unspecified atom stereocenters. The highest BCUT2D eigenvalue weighted by molar-refractivity contribution is 9.10. The predicted octanol–water partition coefficient (Wildman–Crippen LogP) is 3.08. The van der Waals surface area contributed by atoms with E-state index in [1.54, 1.807) is 6.07 Å². The number of hydrogen-bond acceptors (Lipinski definition) is 5. The first kappa shape index (κ1) is 17.6. The van der Waals surface area contributed by atoms with E-state index in [9.17, 15) is 13.2 Å². The molecule has 0 saturated carbocycles. The van der Waals surface area contributed by atoms with Crippen molar-refractivity contribution in [2.75, 3.05) is 10.6 Å². The molecule has 7 nitrogen and oxygen atoms in total. The number of benzene rings is 1. The molecule has 0 fully saturated rings. The molecule has 1 aromatic carbocycles. The summed E-state index contributed by atoms with van der Waals surface area (Å²) in [5.74, 6) is 0.191. The highest BCUT2D eigenvalue weighted by Gasteiger charge is 2.26. The fourth-order valence-corrected chi connectivity index (χ4v) is 3.98. The van der Waals surface area contributed by atoms with Gasteiger partial charge in [0.15, 0.2) is 5.82 Å². The monoisotopic (exact) mass is 422 g/mol. The number of amidine groups is 1. The summed E-state index contributed by atoms with van der Waals surface area (Å²) in [6, 6.07) is 8.88. The SMILES string of the molecule is Cc1cccc(NC(=O)CCC2=NS(=O)(=O)c3cc(Br)cnc3N2)c1. The van der Waals surface area contributed by atoms with Crippen LogP contribution in [-0.2, 0) is 14.8 Å². The summed E-state index contributed by atoms with van der Waals surface area (Å²) in [5.41, 5.74) is 1.74. The van der Waals surface area contributed by atoms with Gasteiger partial charge in [-0.15, -0.1) is 4.40 Å².